The fourth-order valence-electron chi connectivity index (χ4n) is 2.82. The number of nitriles is 1. The van der Waals surface area contributed by atoms with Crippen molar-refractivity contribution >= 4 is 22.9 Å². The number of pyridine rings is 1. The molecule has 0 aliphatic heterocycles. The van der Waals surface area contributed by atoms with Crippen LogP contribution >= 0.6 is 0 Å². The summed E-state index contributed by atoms with van der Waals surface area (Å²) < 4.78 is 1.70. The lowest BCUT2D eigenvalue weighted by atomic mass is 10.2. The summed E-state index contributed by atoms with van der Waals surface area (Å²) in [6, 6.07) is 12.5. The molecule has 0 unspecified atom stereocenters. The number of imidazole rings is 1. The van der Waals surface area contributed by atoms with Crippen LogP contribution in [0.3, 0.4) is 0 Å². The van der Waals surface area contributed by atoms with Gasteiger partial charge in [0, 0.05) is 11.9 Å². The van der Waals surface area contributed by atoms with Crippen LogP contribution in [-0.2, 0) is 6.61 Å². The van der Waals surface area contributed by atoms with Crippen molar-refractivity contribution in [1.82, 2.24) is 24.5 Å². The Kier molecular flexibility index (Phi) is 4.13. The number of benzene rings is 1. The standard InChI is InChI=1S/C19H12N8O/c1-22-16-14(9-20)24-19-17(25-16)26-18(13-3-2-8-23-15(13)21)27(19)12-6-4-11(10-28)5-7-12/h2-8,28H,10H2,(H2,21,23). The molecule has 9 heteroatoms. The van der Waals surface area contributed by atoms with E-state index in [0.717, 1.165) is 5.56 Å². The summed E-state index contributed by atoms with van der Waals surface area (Å²) in [6.07, 6.45) is 1.57. The number of nitrogens with zero attached hydrogens (tertiary/aromatic N) is 7. The molecule has 134 valence electrons. The van der Waals surface area contributed by atoms with Gasteiger partial charge in [-0.25, -0.2) is 9.97 Å². The van der Waals surface area contributed by atoms with Gasteiger partial charge in [0.25, 0.3) is 5.65 Å². The summed E-state index contributed by atoms with van der Waals surface area (Å²) >= 11 is 0. The van der Waals surface area contributed by atoms with Gasteiger partial charge in [-0.2, -0.15) is 10.2 Å². The van der Waals surface area contributed by atoms with Crippen LogP contribution in [0.1, 0.15) is 11.3 Å². The van der Waals surface area contributed by atoms with E-state index in [0.29, 0.717) is 22.7 Å². The number of nitrogen functional groups attached to an aromatic ring is 1. The smallest absolute Gasteiger partial charge is 0.308 e. The van der Waals surface area contributed by atoms with Crippen LogP contribution in [0.15, 0.2) is 42.6 Å². The van der Waals surface area contributed by atoms with Crippen molar-refractivity contribution in [3.8, 4) is 23.1 Å². The number of fused-ring (bicyclic) bond motifs is 1. The van der Waals surface area contributed by atoms with E-state index >= 15 is 0 Å². The molecule has 0 bridgehead atoms. The zero-order chi connectivity index (χ0) is 19.7. The molecule has 9 nitrogen and oxygen atoms in total. The molecule has 0 aliphatic rings. The predicted molar refractivity (Wildman–Crippen MR) is 101 cm³/mol. The third-order valence-corrected chi connectivity index (χ3v) is 4.15. The van der Waals surface area contributed by atoms with E-state index in [1.807, 2.05) is 6.07 Å². The van der Waals surface area contributed by atoms with Crippen molar-refractivity contribution in [2.24, 2.45) is 0 Å². The van der Waals surface area contributed by atoms with E-state index in [2.05, 4.69) is 24.8 Å². The molecule has 0 aliphatic carbocycles. The highest BCUT2D eigenvalue weighted by atomic mass is 16.3. The lowest BCUT2D eigenvalue weighted by Crippen LogP contribution is -2.02. The van der Waals surface area contributed by atoms with Crippen LogP contribution in [0.25, 0.3) is 33.2 Å². The van der Waals surface area contributed by atoms with Crippen molar-refractivity contribution in [3.05, 3.63) is 65.3 Å². The zero-order valence-corrected chi connectivity index (χ0v) is 14.4. The van der Waals surface area contributed by atoms with Crippen LogP contribution in [0.5, 0.6) is 0 Å². The number of hydrogen-bond acceptors (Lipinski definition) is 7. The predicted octanol–water partition coefficient (Wildman–Crippen LogP) is 2.37. The highest BCUT2D eigenvalue weighted by molar-refractivity contribution is 5.82. The Labute approximate surface area is 159 Å². The lowest BCUT2D eigenvalue weighted by molar-refractivity contribution is 0.282. The fraction of sp³-hybridized carbons (Fsp3) is 0.0526. The summed E-state index contributed by atoms with van der Waals surface area (Å²) in [5.74, 6) is 0.598. The minimum atomic E-state index is -0.110. The van der Waals surface area contributed by atoms with Crippen LogP contribution in [-0.4, -0.2) is 29.6 Å². The Hall–Kier alpha value is -4.34. The Morgan fingerprint density at radius 1 is 1.18 bits per heavy atom. The van der Waals surface area contributed by atoms with Crippen molar-refractivity contribution in [3.63, 3.8) is 0 Å². The van der Waals surface area contributed by atoms with E-state index in [-0.39, 0.29) is 29.6 Å². The summed E-state index contributed by atoms with van der Waals surface area (Å²) in [4.78, 5) is 20.4. The summed E-state index contributed by atoms with van der Waals surface area (Å²) in [7, 11) is 0. The Morgan fingerprint density at radius 3 is 2.61 bits per heavy atom. The molecule has 0 radical (unpaired) electrons. The minimum absolute atomic E-state index is 0.0821. The van der Waals surface area contributed by atoms with Crippen LogP contribution in [0.2, 0.25) is 0 Å². The number of aliphatic hydroxyl groups excluding tert-OH is 1. The Bertz CT molecular complexity index is 1280. The maximum absolute atomic E-state index is 9.32. The monoisotopic (exact) mass is 368 g/mol. The molecule has 4 aromatic rings. The number of aromatic nitrogens is 5. The van der Waals surface area contributed by atoms with Gasteiger partial charge in [0.05, 0.1) is 12.2 Å². The second-order valence-electron chi connectivity index (χ2n) is 5.80. The molecular formula is C19H12N8O. The maximum Gasteiger partial charge on any atom is 0.308 e. The fourth-order valence-corrected chi connectivity index (χ4v) is 2.82. The second-order valence-corrected chi connectivity index (χ2v) is 5.80. The lowest BCUT2D eigenvalue weighted by Gasteiger charge is -2.10. The number of nitrogens with two attached hydrogens (primary N) is 1. The van der Waals surface area contributed by atoms with Gasteiger partial charge >= 0.3 is 5.82 Å². The van der Waals surface area contributed by atoms with Gasteiger partial charge in [-0.05, 0) is 29.8 Å². The van der Waals surface area contributed by atoms with E-state index < -0.39 is 0 Å². The quantitative estimate of drug-likeness (QED) is 0.531. The van der Waals surface area contributed by atoms with Gasteiger partial charge < -0.3 is 15.7 Å². The number of anilines is 1. The molecule has 0 saturated heterocycles. The Morgan fingerprint density at radius 2 is 1.96 bits per heavy atom. The molecule has 4 rings (SSSR count). The average Bonchev–Trinajstić information content (AvgIpc) is 3.11. The first kappa shape index (κ1) is 17.1. The van der Waals surface area contributed by atoms with Gasteiger partial charge in [-0.15, -0.1) is 0 Å². The molecule has 0 saturated carbocycles. The van der Waals surface area contributed by atoms with Gasteiger partial charge in [0.15, 0.2) is 11.5 Å². The molecule has 0 atom stereocenters. The minimum Gasteiger partial charge on any atom is -0.392 e. The van der Waals surface area contributed by atoms with Crippen molar-refractivity contribution < 1.29 is 5.11 Å². The molecule has 1 aromatic carbocycles. The van der Waals surface area contributed by atoms with Crippen molar-refractivity contribution in [2.75, 3.05) is 5.73 Å². The molecule has 28 heavy (non-hydrogen) atoms. The molecule has 3 aromatic heterocycles. The van der Waals surface area contributed by atoms with Crippen LogP contribution in [0, 0.1) is 17.9 Å². The topological polar surface area (TPSA) is 131 Å². The summed E-state index contributed by atoms with van der Waals surface area (Å²) in [6.45, 7) is 7.13. The first-order valence-corrected chi connectivity index (χ1v) is 8.15. The van der Waals surface area contributed by atoms with E-state index in [1.54, 1.807) is 47.2 Å². The normalized spacial score (nSPS) is 10.5. The first-order valence-electron chi connectivity index (χ1n) is 8.15. The third-order valence-electron chi connectivity index (χ3n) is 4.15. The zero-order valence-electron chi connectivity index (χ0n) is 14.4. The first-order chi connectivity index (χ1) is 13.7. The molecule has 3 N–H and O–H groups in total. The van der Waals surface area contributed by atoms with E-state index in [4.69, 9.17) is 12.3 Å². The molecule has 0 spiro atoms. The van der Waals surface area contributed by atoms with Crippen LogP contribution in [0.4, 0.5) is 11.6 Å². The van der Waals surface area contributed by atoms with Gasteiger partial charge in [-0.3, -0.25) is 4.57 Å². The van der Waals surface area contributed by atoms with Gasteiger partial charge in [0.1, 0.15) is 11.9 Å². The van der Waals surface area contributed by atoms with E-state index in [1.165, 1.54) is 0 Å². The SMILES string of the molecule is [C-]#[N+]c1nc2nc(-c3cccnc3N)n(-c3ccc(CO)cc3)c2nc1C#N. The molecule has 3 heterocycles. The Balaban J connectivity index is 2.09. The number of rotatable bonds is 3. The molecule has 0 fully saturated rings. The third kappa shape index (κ3) is 2.69. The van der Waals surface area contributed by atoms with Crippen molar-refractivity contribution in [2.45, 2.75) is 6.61 Å². The van der Waals surface area contributed by atoms with E-state index in [9.17, 15) is 10.4 Å². The van der Waals surface area contributed by atoms with Gasteiger partial charge in [-0.1, -0.05) is 23.7 Å². The highest BCUT2D eigenvalue weighted by Crippen LogP contribution is 2.31. The number of aliphatic hydroxyl groups is 1. The largest absolute Gasteiger partial charge is 0.392 e. The van der Waals surface area contributed by atoms with Gasteiger partial charge in [0.2, 0.25) is 5.65 Å². The summed E-state index contributed by atoms with van der Waals surface area (Å²) in [5, 5.41) is 18.6. The molecular weight excluding hydrogens is 356 g/mol. The van der Waals surface area contributed by atoms with Crippen molar-refractivity contribution in [1.29, 1.82) is 5.26 Å². The molecule has 0 amide bonds. The number of hydrogen-bond donors (Lipinski definition) is 2. The maximum atomic E-state index is 9.32. The highest BCUT2D eigenvalue weighted by Gasteiger charge is 2.23. The average molecular weight is 368 g/mol. The summed E-state index contributed by atoms with van der Waals surface area (Å²) in [5.41, 5.74) is 8.49. The second kappa shape index (κ2) is 6.76. The van der Waals surface area contributed by atoms with Crippen LogP contribution < -0.4 is 5.73 Å².